The van der Waals surface area contributed by atoms with E-state index in [4.69, 9.17) is 0 Å². The molecule has 1 aromatic heterocycles. The second-order valence-electron chi connectivity index (χ2n) is 3.13. The molecule has 1 heterocycles. The van der Waals surface area contributed by atoms with Gasteiger partial charge in [0.1, 0.15) is 5.75 Å². The maximum atomic E-state index is 11.5. The van der Waals surface area contributed by atoms with Gasteiger partial charge >= 0.3 is 0 Å². The van der Waals surface area contributed by atoms with E-state index in [0.29, 0.717) is 11.9 Å². The number of phenols is 1. The van der Waals surface area contributed by atoms with Crippen molar-refractivity contribution in [3.63, 3.8) is 0 Å². The van der Waals surface area contributed by atoms with Crippen LogP contribution in [0, 0.1) is 0 Å². The highest BCUT2D eigenvalue weighted by atomic mass is 16.3. The van der Waals surface area contributed by atoms with Gasteiger partial charge in [0, 0.05) is 18.0 Å². The molecule has 0 amide bonds. The summed E-state index contributed by atoms with van der Waals surface area (Å²) in [6, 6.07) is 8.32. The SMILES string of the molecule is CCn1c(=O)ccc2c(O)cccc21. The van der Waals surface area contributed by atoms with E-state index in [-0.39, 0.29) is 11.3 Å². The Morgan fingerprint density at radius 1 is 1.29 bits per heavy atom. The van der Waals surface area contributed by atoms with E-state index in [9.17, 15) is 9.90 Å². The van der Waals surface area contributed by atoms with Crippen LogP contribution >= 0.6 is 0 Å². The van der Waals surface area contributed by atoms with Crippen molar-refractivity contribution < 1.29 is 5.11 Å². The Balaban J connectivity index is 2.95. The molecule has 0 atom stereocenters. The summed E-state index contributed by atoms with van der Waals surface area (Å²) in [7, 11) is 0. The van der Waals surface area contributed by atoms with E-state index in [1.165, 1.54) is 6.07 Å². The summed E-state index contributed by atoms with van der Waals surface area (Å²) in [6.45, 7) is 2.52. The molecule has 0 aliphatic carbocycles. The Hall–Kier alpha value is -1.77. The number of aryl methyl sites for hydroxylation is 1. The number of nitrogens with zero attached hydrogens (tertiary/aromatic N) is 1. The predicted molar refractivity (Wildman–Crippen MR) is 55.5 cm³/mol. The summed E-state index contributed by atoms with van der Waals surface area (Å²) < 4.78 is 1.63. The van der Waals surface area contributed by atoms with Crippen molar-refractivity contribution in [2.75, 3.05) is 0 Å². The Bertz CT molecular complexity index is 528. The van der Waals surface area contributed by atoms with Gasteiger partial charge in [-0.15, -0.1) is 0 Å². The van der Waals surface area contributed by atoms with E-state index in [1.807, 2.05) is 13.0 Å². The standard InChI is InChI=1S/C11H11NO2/c1-2-12-9-4-3-5-10(13)8(9)6-7-11(12)14/h3-7,13H,2H2,1H3. The molecule has 3 heteroatoms. The zero-order valence-corrected chi connectivity index (χ0v) is 7.90. The number of hydrogen-bond donors (Lipinski definition) is 1. The van der Waals surface area contributed by atoms with Gasteiger partial charge in [-0.25, -0.2) is 0 Å². The van der Waals surface area contributed by atoms with Crippen molar-refractivity contribution in [3.05, 3.63) is 40.7 Å². The molecule has 1 aromatic carbocycles. The Morgan fingerprint density at radius 3 is 2.79 bits per heavy atom. The van der Waals surface area contributed by atoms with Crippen LogP contribution in [0.2, 0.25) is 0 Å². The largest absolute Gasteiger partial charge is 0.507 e. The van der Waals surface area contributed by atoms with Gasteiger partial charge < -0.3 is 9.67 Å². The first-order valence-electron chi connectivity index (χ1n) is 4.55. The fourth-order valence-corrected chi connectivity index (χ4v) is 1.64. The van der Waals surface area contributed by atoms with Crippen molar-refractivity contribution >= 4 is 10.9 Å². The maximum Gasteiger partial charge on any atom is 0.251 e. The van der Waals surface area contributed by atoms with Crippen LogP contribution in [0.25, 0.3) is 10.9 Å². The number of fused-ring (bicyclic) bond motifs is 1. The van der Waals surface area contributed by atoms with Crippen LogP contribution in [0.15, 0.2) is 35.1 Å². The third-order valence-electron chi connectivity index (χ3n) is 2.33. The molecule has 2 rings (SSSR count). The van der Waals surface area contributed by atoms with E-state index >= 15 is 0 Å². The van der Waals surface area contributed by atoms with E-state index in [2.05, 4.69) is 0 Å². The normalized spacial score (nSPS) is 10.6. The lowest BCUT2D eigenvalue weighted by molar-refractivity contribution is 0.481. The van der Waals surface area contributed by atoms with Crippen molar-refractivity contribution in [1.29, 1.82) is 0 Å². The number of rotatable bonds is 1. The quantitative estimate of drug-likeness (QED) is 0.742. The average Bonchev–Trinajstić information content (AvgIpc) is 2.18. The molecule has 1 N–H and O–H groups in total. The fraction of sp³-hybridized carbons (Fsp3) is 0.182. The summed E-state index contributed by atoms with van der Waals surface area (Å²) in [6.07, 6.45) is 0. The number of hydrogen-bond acceptors (Lipinski definition) is 2. The van der Waals surface area contributed by atoms with Gasteiger partial charge in [0.25, 0.3) is 5.56 Å². The van der Waals surface area contributed by atoms with Crippen molar-refractivity contribution in [2.45, 2.75) is 13.5 Å². The van der Waals surface area contributed by atoms with Gasteiger partial charge in [0.05, 0.1) is 5.52 Å². The number of benzene rings is 1. The first-order chi connectivity index (χ1) is 6.74. The number of phenolic OH excluding ortho intramolecular Hbond substituents is 1. The summed E-state index contributed by atoms with van der Waals surface area (Å²) in [5, 5.41) is 10.3. The fourth-order valence-electron chi connectivity index (χ4n) is 1.64. The number of aromatic hydroxyl groups is 1. The Kier molecular flexibility index (Phi) is 2.00. The van der Waals surface area contributed by atoms with Crippen molar-refractivity contribution in [1.82, 2.24) is 4.57 Å². The van der Waals surface area contributed by atoms with Crippen molar-refractivity contribution in [3.8, 4) is 5.75 Å². The zero-order valence-electron chi connectivity index (χ0n) is 7.90. The minimum atomic E-state index is -0.0365. The van der Waals surface area contributed by atoms with E-state index in [1.54, 1.807) is 22.8 Å². The molecule has 3 nitrogen and oxygen atoms in total. The maximum absolute atomic E-state index is 11.5. The lowest BCUT2D eigenvalue weighted by atomic mass is 10.2. The molecular formula is C11H11NO2. The highest BCUT2D eigenvalue weighted by Gasteiger charge is 2.03. The van der Waals surface area contributed by atoms with Gasteiger partial charge in [0.15, 0.2) is 0 Å². The first-order valence-corrected chi connectivity index (χ1v) is 4.55. The molecule has 0 bridgehead atoms. The second-order valence-corrected chi connectivity index (χ2v) is 3.13. The van der Waals surface area contributed by atoms with Crippen LogP contribution in [0.4, 0.5) is 0 Å². The molecule has 0 unspecified atom stereocenters. The summed E-state index contributed by atoms with van der Waals surface area (Å²) in [4.78, 5) is 11.5. The predicted octanol–water partition coefficient (Wildman–Crippen LogP) is 1.73. The number of aromatic nitrogens is 1. The van der Waals surface area contributed by atoms with Gasteiger partial charge in [-0.1, -0.05) is 6.07 Å². The average molecular weight is 189 g/mol. The lowest BCUT2D eigenvalue weighted by Crippen LogP contribution is -2.17. The first kappa shape index (κ1) is 8.81. The van der Waals surface area contributed by atoms with Crippen LogP contribution in [0.5, 0.6) is 5.75 Å². The van der Waals surface area contributed by atoms with Crippen LogP contribution in [-0.2, 0) is 6.54 Å². The molecule has 0 spiro atoms. The molecule has 0 aliphatic heterocycles. The van der Waals surface area contributed by atoms with Crippen molar-refractivity contribution in [2.24, 2.45) is 0 Å². The van der Waals surface area contributed by atoms with Crippen LogP contribution in [0.3, 0.4) is 0 Å². The molecule has 72 valence electrons. The monoisotopic (exact) mass is 189 g/mol. The summed E-state index contributed by atoms with van der Waals surface area (Å²) in [5.74, 6) is 0.213. The van der Waals surface area contributed by atoms with Crippen LogP contribution in [0.1, 0.15) is 6.92 Å². The molecule has 2 aromatic rings. The molecule has 14 heavy (non-hydrogen) atoms. The molecule has 0 saturated heterocycles. The Morgan fingerprint density at radius 2 is 2.07 bits per heavy atom. The lowest BCUT2D eigenvalue weighted by Gasteiger charge is -2.07. The summed E-state index contributed by atoms with van der Waals surface area (Å²) >= 11 is 0. The Labute approximate surface area is 81.2 Å². The van der Waals surface area contributed by atoms with Gasteiger partial charge in [-0.3, -0.25) is 4.79 Å². The van der Waals surface area contributed by atoms with E-state index in [0.717, 1.165) is 5.52 Å². The molecule has 0 fully saturated rings. The van der Waals surface area contributed by atoms with Crippen LogP contribution < -0.4 is 5.56 Å². The third-order valence-corrected chi connectivity index (χ3v) is 2.33. The molecular weight excluding hydrogens is 178 g/mol. The second kappa shape index (κ2) is 3.18. The molecule has 0 radical (unpaired) electrons. The summed E-state index contributed by atoms with van der Waals surface area (Å²) in [5.41, 5.74) is 0.741. The smallest absolute Gasteiger partial charge is 0.251 e. The zero-order chi connectivity index (χ0) is 10.1. The van der Waals surface area contributed by atoms with Gasteiger partial charge in [-0.2, -0.15) is 0 Å². The van der Waals surface area contributed by atoms with Crippen LogP contribution in [-0.4, -0.2) is 9.67 Å². The number of pyridine rings is 1. The molecule has 0 aliphatic rings. The highest BCUT2D eigenvalue weighted by Crippen LogP contribution is 2.22. The highest BCUT2D eigenvalue weighted by molar-refractivity contribution is 5.84. The molecule has 0 saturated carbocycles. The topological polar surface area (TPSA) is 42.2 Å². The van der Waals surface area contributed by atoms with E-state index < -0.39 is 0 Å². The minimum Gasteiger partial charge on any atom is -0.507 e. The van der Waals surface area contributed by atoms with Gasteiger partial charge in [-0.05, 0) is 25.1 Å². The van der Waals surface area contributed by atoms with Gasteiger partial charge in [0.2, 0.25) is 0 Å². The third kappa shape index (κ3) is 1.18. The minimum absolute atomic E-state index is 0.0365.